The van der Waals surface area contributed by atoms with Gasteiger partial charge < -0.3 is 5.32 Å². The van der Waals surface area contributed by atoms with Crippen LogP contribution in [0.1, 0.15) is 23.7 Å². The summed E-state index contributed by atoms with van der Waals surface area (Å²) in [6.45, 7) is 3.81. The van der Waals surface area contributed by atoms with Gasteiger partial charge in [0.15, 0.2) is 5.82 Å². The van der Waals surface area contributed by atoms with Crippen molar-refractivity contribution in [2.75, 3.05) is 16.8 Å². The van der Waals surface area contributed by atoms with Gasteiger partial charge in [-0.05, 0) is 55.9 Å². The number of hydrogen-bond acceptors (Lipinski definition) is 6. The molecule has 0 bridgehead atoms. The van der Waals surface area contributed by atoms with Crippen LogP contribution in [0.25, 0.3) is 22.4 Å². The van der Waals surface area contributed by atoms with Crippen molar-refractivity contribution < 1.29 is 4.39 Å². The molecule has 1 N–H and O–H groups in total. The summed E-state index contributed by atoms with van der Waals surface area (Å²) in [6.07, 6.45) is 6.44. The second-order valence-corrected chi connectivity index (χ2v) is 8.64. The molecule has 1 saturated heterocycles. The van der Waals surface area contributed by atoms with E-state index < -0.39 is 0 Å². The van der Waals surface area contributed by atoms with Crippen LogP contribution in [-0.2, 0) is 0 Å². The minimum atomic E-state index is -0.383. The Morgan fingerprint density at radius 1 is 1.13 bits per heavy atom. The van der Waals surface area contributed by atoms with Crippen molar-refractivity contribution in [2.24, 2.45) is 0 Å². The second kappa shape index (κ2) is 7.68. The van der Waals surface area contributed by atoms with Crippen molar-refractivity contribution >= 4 is 34.2 Å². The van der Waals surface area contributed by atoms with Crippen molar-refractivity contribution in [2.45, 2.75) is 26.3 Å². The summed E-state index contributed by atoms with van der Waals surface area (Å²) in [6, 6.07) is 7.25. The Labute approximate surface area is 178 Å². The summed E-state index contributed by atoms with van der Waals surface area (Å²) < 4.78 is 16.4. The molecule has 0 spiro atoms. The van der Waals surface area contributed by atoms with E-state index in [4.69, 9.17) is 0 Å². The fourth-order valence-corrected chi connectivity index (χ4v) is 4.91. The Bertz CT molecular complexity index is 1230. The van der Waals surface area contributed by atoms with E-state index >= 15 is 0 Å². The topological polar surface area (TPSA) is 68.5 Å². The summed E-state index contributed by atoms with van der Waals surface area (Å²) in [5, 5.41) is 8.13. The predicted octanol–water partition coefficient (Wildman–Crippen LogP) is 5.07. The van der Waals surface area contributed by atoms with Crippen LogP contribution in [0.2, 0.25) is 0 Å². The summed E-state index contributed by atoms with van der Waals surface area (Å²) in [5.41, 5.74) is 6.08. The molecule has 1 aliphatic rings. The third-order valence-electron chi connectivity index (χ3n) is 5.34. The Morgan fingerprint density at radius 3 is 2.87 bits per heavy atom. The van der Waals surface area contributed by atoms with Gasteiger partial charge in [-0.3, -0.25) is 14.6 Å². The number of thioether (sulfide) groups is 1. The maximum absolute atomic E-state index is 14.4. The fourth-order valence-electron chi connectivity index (χ4n) is 3.73. The first kappa shape index (κ1) is 19.0. The lowest BCUT2D eigenvalue weighted by atomic mass is 10.1. The zero-order valence-electron chi connectivity index (χ0n) is 16.8. The van der Waals surface area contributed by atoms with E-state index in [0.717, 1.165) is 51.6 Å². The van der Waals surface area contributed by atoms with Crippen molar-refractivity contribution in [3.8, 4) is 11.4 Å². The summed E-state index contributed by atoms with van der Waals surface area (Å²) in [7, 11) is 0. The minimum absolute atomic E-state index is 0.256. The third kappa shape index (κ3) is 3.41. The number of pyridine rings is 3. The molecule has 1 fully saturated rings. The number of anilines is 2. The molecule has 0 radical (unpaired) electrons. The maximum Gasteiger partial charge on any atom is 0.151 e. The molecule has 5 heterocycles. The van der Waals surface area contributed by atoms with Crippen LogP contribution in [0.4, 0.5) is 15.8 Å². The van der Waals surface area contributed by atoms with Crippen LogP contribution >= 0.6 is 11.8 Å². The third-order valence-corrected chi connectivity index (χ3v) is 6.48. The highest BCUT2D eigenvalue weighted by molar-refractivity contribution is 7.99. The van der Waals surface area contributed by atoms with Crippen LogP contribution in [0, 0.1) is 19.7 Å². The van der Waals surface area contributed by atoms with Gasteiger partial charge in [-0.2, -0.15) is 16.9 Å². The first-order chi connectivity index (χ1) is 14.6. The molecule has 0 aromatic carbocycles. The SMILES string of the molecule is Cc1ccc(F)c(-c2cc(Nc3ccnc4cnn(C5CCSC5)c34)c(C)cn2)n1. The van der Waals surface area contributed by atoms with Crippen LogP contribution in [0.3, 0.4) is 0 Å². The summed E-state index contributed by atoms with van der Waals surface area (Å²) in [4.78, 5) is 13.2. The molecular formula is C22H21FN6S. The van der Waals surface area contributed by atoms with Gasteiger partial charge in [0.2, 0.25) is 0 Å². The lowest BCUT2D eigenvalue weighted by Crippen LogP contribution is -2.10. The number of aromatic nitrogens is 5. The van der Waals surface area contributed by atoms with Crippen LogP contribution in [0.5, 0.6) is 0 Å². The van der Waals surface area contributed by atoms with Crippen LogP contribution in [0.15, 0.2) is 42.9 Å². The predicted molar refractivity (Wildman–Crippen MR) is 119 cm³/mol. The monoisotopic (exact) mass is 420 g/mol. The number of hydrogen-bond donors (Lipinski definition) is 1. The summed E-state index contributed by atoms with van der Waals surface area (Å²) >= 11 is 1.95. The van der Waals surface area contributed by atoms with Gasteiger partial charge in [0.05, 0.1) is 23.6 Å². The number of rotatable bonds is 4. The molecule has 4 aromatic rings. The summed E-state index contributed by atoms with van der Waals surface area (Å²) in [5.74, 6) is 1.82. The number of nitrogens with zero attached hydrogens (tertiary/aromatic N) is 5. The molecule has 0 saturated carbocycles. The van der Waals surface area contributed by atoms with E-state index in [1.54, 1.807) is 18.5 Å². The highest BCUT2D eigenvalue weighted by Crippen LogP contribution is 2.34. The van der Waals surface area contributed by atoms with Gasteiger partial charge in [0, 0.05) is 29.5 Å². The zero-order valence-corrected chi connectivity index (χ0v) is 17.6. The van der Waals surface area contributed by atoms with E-state index in [9.17, 15) is 4.39 Å². The van der Waals surface area contributed by atoms with E-state index in [-0.39, 0.29) is 11.5 Å². The molecular weight excluding hydrogens is 399 g/mol. The maximum atomic E-state index is 14.4. The number of nitrogens with one attached hydrogen (secondary N) is 1. The van der Waals surface area contributed by atoms with Gasteiger partial charge in [0.1, 0.15) is 16.7 Å². The fraction of sp³-hybridized carbons (Fsp3) is 0.273. The van der Waals surface area contributed by atoms with Gasteiger partial charge in [-0.25, -0.2) is 9.37 Å². The molecule has 6 nitrogen and oxygen atoms in total. The molecule has 152 valence electrons. The molecule has 1 atom stereocenters. The van der Waals surface area contributed by atoms with Gasteiger partial charge in [0.25, 0.3) is 0 Å². The standard InChI is InChI=1S/C22H21FN6S/c1-13-10-25-19(21-16(23)4-3-14(2)27-21)9-18(13)28-17-5-7-24-20-11-26-29(22(17)20)15-6-8-30-12-15/h3-5,7,9-11,15H,6,8,12H2,1-2H3,(H,24,25,28). The molecule has 30 heavy (non-hydrogen) atoms. The Morgan fingerprint density at radius 2 is 2.03 bits per heavy atom. The van der Waals surface area contributed by atoms with Crippen molar-refractivity contribution in [1.29, 1.82) is 0 Å². The average Bonchev–Trinajstić information content (AvgIpc) is 3.41. The largest absolute Gasteiger partial charge is 0.353 e. The first-order valence-corrected chi connectivity index (χ1v) is 11.0. The van der Waals surface area contributed by atoms with Crippen LogP contribution < -0.4 is 5.32 Å². The first-order valence-electron chi connectivity index (χ1n) is 9.87. The molecule has 0 amide bonds. The van der Waals surface area contributed by atoms with Crippen LogP contribution in [-0.4, -0.2) is 36.2 Å². The Kier molecular flexibility index (Phi) is 4.86. The lowest BCUT2D eigenvalue weighted by molar-refractivity contribution is 0.518. The quantitative estimate of drug-likeness (QED) is 0.497. The van der Waals surface area contributed by atoms with E-state index in [2.05, 4.69) is 30.0 Å². The Balaban J connectivity index is 1.57. The van der Waals surface area contributed by atoms with Crippen molar-refractivity contribution in [3.63, 3.8) is 0 Å². The van der Waals surface area contributed by atoms with Gasteiger partial charge in [-0.15, -0.1) is 0 Å². The van der Waals surface area contributed by atoms with Gasteiger partial charge in [-0.1, -0.05) is 0 Å². The second-order valence-electron chi connectivity index (χ2n) is 7.49. The lowest BCUT2D eigenvalue weighted by Gasteiger charge is -2.16. The highest BCUT2D eigenvalue weighted by Gasteiger charge is 2.22. The molecule has 5 rings (SSSR count). The van der Waals surface area contributed by atoms with Crippen molar-refractivity contribution in [1.82, 2.24) is 24.7 Å². The molecule has 8 heteroatoms. The zero-order chi connectivity index (χ0) is 20.7. The number of fused-ring (bicyclic) bond motifs is 1. The van der Waals surface area contributed by atoms with E-state index in [1.807, 2.05) is 43.9 Å². The molecule has 4 aromatic heterocycles. The van der Waals surface area contributed by atoms with E-state index in [0.29, 0.717) is 11.7 Å². The van der Waals surface area contributed by atoms with Crippen molar-refractivity contribution in [3.05, 3.63) is 59.9 Å². The molecule has 1 aliphatic heterocycles. The number of aryl methyl sites for hydroxylation is 2. The average molecular weight is 421 g/mol. The Hall–Kier alpha value is -3.00. The highest BCUT2D eigenvalue weighted by atomic mass is 32.2. The van der Waals surface area contributed by atoms with E-state index in [1.165, 1.54) is 6.07 Å². The number of halogens is 1. The van der Waals surface area contributed by atoms with Gasteiger partial charge >= 0.3 is 0 Å². The molecule has 0 aliphatic carbocycles. The normalized spacial score (nSPS) is 16.3. The minimum Gasteiger partial charge on any atom is -0.353 e. The smallest absolute Gasteiger partial charge is 0.151 e. The molecule has 1 unspecified atom stereocenters.